The van der Waals surface area contributed by atoms with Crippen LogP contribution in [0, 0.1) is 15.9 Å². The highest BCUT2D eigenvalue weighted by Gasteiger charge is 2.49. The fourth-order valence-corrected chi connectivity index (χ4v) is 3.20. The van der Waals surface area contributed by atoms with Crippen LogP contribution in [0.2, 0.25) is 0 Å². The number of amides is 4. The first-order valence-corrected chi connectivity index (χ1v) is 9.36. The Labute approximate surface area is 176 Å². The molecule has 0 aliphatic carbocycles. The average molecular weight is 429 g/mol. The predicted octanol–water partition coefficient (Wildman–Crippen LogP) is 1.73. The normalized spacial score (nSPS) is 17.9. The van der Waals surface area contributed by atoms with E-state index in [1.54, 1.807) is 18.2 Å². The summed E-state index contributed by atoms with van der Waals surface area (Å²) in [6.45, 7) is 1.30. The Bertz CT molecular complexity index is 1030. The van der Waals surface area contributed by atoms with Crippen LogP contribution in [0.25, 0.3) is 0 Å². The van der Waals surface area contributed by atoms with Gasteiger partial charge in [0.05, 0.1) is 4.92 Å². The minimum Gasteiger partial charge on any atom is -0.378 e. The smallest absolute Gasteiger partial charge is 0.325 e. The summed E-state index contributed by atoms with van der Waals surface area (Å²) in [5, 5.41) is 18.9. The summed E-state index contributed by atoms with van der Waals surface area (Å²) in [4.78, 5) is 48.5. The molecule has 0 radical (unpaired) electrons. The van der Waals surface area contributed by atoms with Crippen molar-refractivity contribution < 1.29 is 23.7 Å². The lowest BCUT2D eigenvalue weighted by Gasteiger charge is -2.22. The minimum atomic E-state index is -1.40. The molecule has 4 amide bonds. The number of carbonyl (C=O) groups excluding carboxylic acids is 3. The number of anilines is 1. The molecule has 2 aromatic rings. The van der Waals surface area contributed by atoms with Crippen molar-refractivity contribution in [2.24, 2.45) is 0 Å². The van der Waals surface area contributed by atoms with E-state index in [4.69, 9.17) is 0 Å². The lowest BCUT2D eigenvalue weighted by atomic mass is 9.92. The Balaban J connectivity index is 1.54. The fraction of sp³-hybridized carbons (Fsp3) is 0.250. The standard InChI is InChI=1S/C20H20FN5O5/c1-20(13-6-8-14(21)9-7-13)18(28)25(19(29)24-20)12-17(27)23-11-10-22-15-4-2-3-5-16(15)26(30)31/h2-9,22H,10-12H2,1H3,(H,23,27)(H,24,29). The maximum absolute atomic E-state index is 13.2. The van der Waals surface area contributed by atoms with E-state index >= 15 is 0 Å². The number of imide groups is 1. The maximum atomic E-state index is 13.2. The molecule has 1 aliphatic rings. The van der Waals surface area contributed by atoms with Gasteiger partial charge in [-0.25, -0.2) is 9.18 Å². The maximum Gasteiger partial charge on any atom is 0.325 e. The van der Waals surface area contributed by atoms with Crippen molar-refractivity contribution in [2.45, 2.75) is 12.5 Å². The summed E-state index contributed by atoms with van der Waals surface area (Å²) >= 11 is 0. The molecule has 0 spiro atoms. The molecule has 3 rings (SSSR count). The number of rotatable bonds is 8. The Morgan fingerprint density at radius 3 is 2.52 bits per heavy atom. The van der Waals surface area contributed by atoms with Crippen molar-refractivity contribution in [3.05, 3.63) is 70.0 Å². The second-order valence-electron chi connectivity index (χ2n) is 7.00. The number of para-hydroxylation sites is 2. The monoisotopic (exact) mass is 429 g/mol. The summed E-state index contributed by atoms with van der Waals surface area (Å²) in [5.74, 6) is -1.68. The van der Waals surface area contributed by atoms with E-state index in [1.807, 2.05) is 0 Å². The third-order valence-corrected chi connectivity index (χ3v) is 4.86. The van der Waals surface area contributed by atoms with Crippen LogP contribution in [-0.4, -0.2) is 47.3 Å². The Kier molecular flexibility index (Phi) is 6.14. The van der Waals surface area contributed by atoms with Gasteiger partial charge in [0.15, 0.2) is 0 Å². The van der Waals surface area contributed by atoms with Gasteiger partial charge in [-0.15, -0.1) is 0 Å². The summed E-state index contributed by atoms with van der Waals surface area (Å²) in [5.41, 5.74) is -0.790. The molecule has 1 atom stereocenters. The van der Waals surface area contributed by atoms with E-state index in [2.05, 4.69) is 16.0 Å². The SMILES string of the molecule is CC1(c2ccc(F)cc2)NC(=O)N(CC(=O)NCCNc2ccccc2[N+](=O)[O-])C1=O. The molecular weight excluding hydrogens is 409 g/mol. The number of nitrogens with zero attached hydrogens (tertiary/aromatic N) is 2. The topological polar surface area (TPSA) is 134 Å². The molecule has 2 aromatic carbocycles. The molecule has 1 unspecified atom stereocenters. The molecule has 11 heteroatoms. The zero-order chi connectivity index (χ0) is 22.6. The fourth-order valence-electron chi connectivity index (χ4n) is 3.20. The van der Waals surface area contributed by atoms with Gasteiger partial charge in [0, 0.05) is 19.2 Å². The van der Waals surface area contributed by atoms with Crippen LogP contribution in [0.3, 0.4) is 0 Å². The van der Waals surface area contributed by atoms with Crippen molar-refractivity contribution in [3.63, 3.8) is 0 Å². The van der Waals surface area contributed by atoms with Crippen LogP contribution in [0.5, 0.6) is 0 Å². The average Bonchev–Trinajstić information content (AvgIpc) is 2.95. The molecule has 0 aromatic heterocycles. The van der Waals surface area contributed by atoms with Gasteiger partial charge in [-0.1, -0.05) is 24.3 Å². The Morgan fingerprint density at radius 1 is 1.16 bits per heavy atom. The summed E-state index contributed by atoms with van der Waals surface area (Å²) in [6, 6.07) is 10.5. The molecule has 10 nitrogen and oxygen atoms in total. The molecule has 1 aliphatic heterocycles. The van der Waals surface area contributed by atoms with E-state index < -0.39 is 40.7 Å². The number of hydrogen-bond donors (Lipinski definition) is 3. The largest absolute Gasteiger partial charge is 0.378 e. The number of halogens is 1. The first-order valence-electron chi connectivity index (χ1n) is 9.36. The minimum absolute atomic E-state index is 0.0896. The van der Waals surface area contributed by atoms with E-state index in [1.165, 1.54) is 37.3 Å². The van der Waals surface area contributed by atoms with Crippen LogP contribution in [0.15, 0.2) is 48.5 Å². The molecule has 3 N–H and O–H groups in total. The lowest BCUT2D eigenvalue weighted by Crippen LogP contribution is -2.43. The highest BCUT2D eigenvalue weighted by molar-refractivity contribution is 6.09. The quantitative estimate of drug-likeness (QED) is 0.253. The van der Waals surface area contributed by atoms with Gasteiger partial charge in [0.1, 0.15) is 23.6 Å². The van der Waals surface area contributed by atoms with Gasteiger partial charge in [-0.3, -0.25) is 24.6 Å². The molecule has 0 saturated carbocycles. The lowest BCUT2D eigenvalue weighted by molar-refractivity contribution is -0.384. The van der Waals surface area contributed by atoms with Gasteiger partial charge in [0.2, 0.25) is 5.91 Å². The molecule has 0 bridgehead atoms. The van der Waals surface area contributed by atoms with Crippen molar-refractivity contribution >= 4 is 29.2 Å². The van der Waals surface area contributed by atoms with Gasteiger partial charge in [0.25, 0.3) is 11.6 Å². The molecule has 31 heavy (non-hydrogen) atoms. The molecule has 1 saturated heterocycles. The Morgan fingerprint density at radius 2 is 1.84 bits per heavy atom. The Hall–Kier alpha value is -4.02. The van der Waals surface area contributed by atoms with Crippen LogP contribution in [0.4, 0.5) is 20.6 Å². The number of carbonyl (C=O) groups is 3. The third kappa shape index (κ3) is 4.60. The van der Waals surface area contributed by atoms with Crippen molar-refractivity contribution in [1.29, 1.82) is 0 Å². The summed E-state index contributed by atoms with van der Waals surface area (Å²) in [7, 11) is 0. The first-order chi connectivity index (χ1) is 14.7. The van der Waals surface area contributed by atoms with Crippen molar-refractivity contribution in [3.8, 4) is 0 Å². The number of nitro groups is 1. The highest BCUT2D eigenvalue weighted by Crippen LogP contribution is 2.28. The van der Waals surface area contributed by atoms with Crippen molar-refractivity contribution in [2.75, 3.05) is 25.0 Å². The van der Waals surface area contributed by atoms with Crippen LogP contribution >= 0.6 is 0 Å². The molecule has 162 valence electrons. The first kappa shape index (κ1) is 21.7. The van der Waals surface area contributed by atoms with Gasteiger partial charge in [-0.05, 0) is 30.7 Å². The number of urea groups is 1. The van der Waals surface area contributed by atoms with E-state index in [9.17, 15) is 28.9 Å². The molecule has 1 heterocycles. The van der Waals surface area contributed by atoms with E-state index in [0.29, 0.717) is 11.3 Å². The van der Waals surface area contributed by atoms with Crippen LogP contribution in [-0.2, 0) is 15.1 Å². The number of nitrogens with one attached hydrogen (secondary N) is 3. The van der Waals surface area contributed by atoms with Crippen LogP contribution < -0.4 is 16.0 Å². The summed E-state index contributed by atoms with van der Waals surface area (Å²) in [6.07, 6.45) is 0. The number of benzene rings is 2. The van der Waals surface area contributed by atoms with Gasteiger partial charge >= 0.3 is 6.03 Å². The highest BCUT2D eigenvalue weighted by atomic mass is 19.1. The van der Waals surface area contributed by atoms with E-state index in [0.717, 1.165) is 4.90 Å². The second-order valence-corrected chi connectivity index (χ2v) is 7.00. The predicted molar refractivity (Wildman–Crippen MR) is 109 cm³/mol. The molecular formula is C20H20FN5O5. The molecule has 1 fully saturated rings. The second kappa shape index (κ2) is 8.78. The third-order valence-electron chi connectivity index (χ3n) is 4.86. The van der Waals surface area contributed by atoms with Gasteiger partial charge in [-0.2, -0.15) is 0 Å². The zero-order valence-electron chi connectivity index (χ0n) is 16.6. The van der Waals surface area contributed by atoms with Gasteiger partial charge < -0.3 is 16.0 Å². The number of nitro benzene ring substituents is 1. The number of hydrogen-bond acceptors (Lipinski definition) is 6. The van der Waals surface area contributed by atoms with Crippen LogP contribution in [0.1, 0.15) is 12.5 Å². The van der Waals surface area contributed by atoms with Crippen molar-refractivity contribution in [1.82, 2.24) is 15.5 Å². The zero-order valence-corrected chi connectivity index (χ0v) is 16.6. The summed E-state index contributed by atoms with van der Waals surface area (Å²) < 4.78 is 13.2. The van der Waals surface area contributed by atoms with E-state index in [-0.39, 0.29) is 18.8 Å².